The van der Waals surface area contributed by atoms with Crippen LogP contribution in [-0.2, 0) is 87.3 Å². The van der Waals surface area contributed by atoms with Crippen LogP contribution in [0.5, 0.6) is 0 Å². The lowest BCUT2D eigenvalue weighted by Crippen LogP contribution is -2.43. The molecule has 1 aromatic carbocycles. The Morgan fingerprint density at radius 2 is 1.08 bits per heavy atom. The maximum Gasteiger partial charge on any atom is 0.411 e. The van der Waals surface area contributed by atoms with E-state index in [1.54, 1.807) is 73.0 Å². The van der Waals surface area contributed by atoms with Crippen LogP contribution in [0.25, 0.3) is 22.0 Å². The summed E-state index contributed by atoms with van der Waals surface area (Å²) in [5, 5.41) is 37.8. The van der Waals surface area contributed by atoms with Gasteiger partial charge >= 0.3 is 36.9 Å². The minimum Gasteiger partial charge on any atom is -0.444 e. The molecule has 0 unspecified atom stereocenters. The molecule has 10 heterocycles. The molecule has 115 heavy (non-hydrogen) atoms. The number of aromatic nitrogens is 9. The van der Waals surface area contributed by atoms with E-state index in [4.69, 9.17) is 13.9 Å². The van der Waals surface area contributed by atoms with E-state index in [-0.39, 0.29) is 164 Å². The Kier molecular flexibility index (Phi) is 39.0. The van der Waals surface area contributed by atoms with Gasteiger partial charge in [0.15, 0.2) is 11.6 Å². The quantitative estimate of drug-likeness (QED) is 0.0541. The van der Waals surface area contributed by atoms with Crippen molar-refractivity contribution in [3.05, 3.63) is 65.5 Å². The van der Waals surface area contributed by atoms with Crippen molar-refractivity contribution in [1.82, 2.24) is 65.1 Å². The Labute approximate surface area is 687 Å². The van der Waals surface area contributed by atoms with Crippen LogP contribution in [0.4, 0.5) is 79.8 Å². The number of carbonyl (C=O) groups excluding carboxylic acids is 4. The van der Waals surface area contributed by atoms with Crippen molar-refractivity contribution < 1.29 is 103 Å². The van der Waals surface area contributed by atoms with Gasteiger partial charge in [0.25, 0.3) is 0 Å². The SMILES string of the molecule is CC(=O)c1nn(CC(=O)N2C[C@H](F)C[C@H]2c2n[nH]c(CCCC(F)(F)F)n2)c2ccc(-c3cnc(C)nc3)cc12.CC(C)(C)OC(=O)N1C[C@H](F)C[C@H]1C1=NN=C(CCCC(F)(F)F)C1.CC(C)(C)OC(=O)N1C[C@H](F)C[C@H]1c1nnc(CCCC(F)(F)F)o1.Cl.F[C@H]1CN[C@H](C2=NN=C(CCCC(F)(F)F)C2)C1.S.S=S.S=S=S. The van der Waals surface area contributed by atoms with Crippen LogP contribution < -0.4 is 5.32 Å². The van der Waals surface area contributed by atoms with Crippen molar-refractivity contribution in [3.8, 4) is 11.1 Å². The number of rotatable bonds is 20. The van der Waals surface area contributed by atoms with Gasteiger partial charge in [-0.25, -0.2) is 42.1 Å². The van der Waals surface area contributed by atoms with E-state index >= 15 is 0 Å². The number of H-pyrrole nitrogens is 1. The highest BCUT2D eigenvalue weighted by atomic mass is 35.5. The fourth-order valence-corrected chi connectivity index (χ4v) is 12.4. The number of halogens is 17. The molecule has 4 saturated heterocycles. The highest BCUT2D eigenvalue weighted by Gasteiger charge is 2.45. The van der Waals surface area contributed by atoms with Gasteiger partial charge in [-0.1, -0.05) is 6.07 Å². The number of alkyl halides is 16. The van der Waals surface area contributed by atoms with Crippen molar-refractivity contribution in [2.75, 3.05) is 26.2 Å². The zero-order valence-corrected chi connectivity index (χ0v) is 69.2. The second-order valence-corrected chi connectivity index (χ2v) is 30.7. The van der Waals surface area contributed by atoms with Crippen LogP contribution in [0.1, 0.15) is 203 Å². The normalized spacial score (nSPS) is 20.7. The maximum absolute atomic E-state index is 14.5. The van der Waals surface area contributed by atoms with E-state index in [1.807, 2.05) is 6.07 Å². The molecule has 8 atom stereocenters. The first-order valence-electron chi connectivity index (χ1n) is 35.4. The molecule has 5 aromatic rings. The second kappa shape index (κ2) is 44.7. The number of fused-ring (bicyclic) bond motifs is 1. The standard InChI is InChI=1S/C26H26F4N8O2.C16H23F4N3O2.C15H21F4N3O3.C11H15F4N3.ClH.S3.S2.H2S/c1-14(39)24-19-8-16(17-10-31-15(2)32-11-17)5-6-20(19)38(36-24)13-23(40)37-12-18(27)9-21(37)25-33-22(34-35-25)4-3-7-26(28,29)30;1-15(2,3)25-14(24)23-9-10(17)7-13(23)12-8-11(21-22-12)5-4-6-16(18,19)20;1-14(2,3)25-13(23)22-8-9(16)7-10(22)12-21-20-11(24-12)5-4-6-15(17,18)19;12-7-4-9(16-6-7)10-5-8(17-18-10)2-1-3-11(13,14)15;;1-3-2;1-2;/h5-6,8,10-11,18,21H,3-4,7,9,12-13H2,1-2H3,(H,33,34,35);10,13H,4-9H2,1-3H3;9-10H,4-8H2,1-3H3;7,9,16H,1-6H2;1H;;;1H2/t18-,21+;10-,13+;9-,10+;7-,9+;;;;/m1111..../s1. The topological polar surface area (TPSA) is 282 Å². The van der Waals surface area contributed by atoms with Crippen LogP contribution in [0, 0.1) is 6.92 Å². The highest BCUT2D eigenvalue weighted by Crippen LogP contribution is 2.38. The van der Waals surface area contributed by atoms with Crippen LogP contribution in [0.3, 0.4) is 0 Å². The minimum absolute atomic E-state index is 0. The summed E-state index contributed by atoms with van der Waals surface area (Å²) < 4.78 is 219. The largest absolute Gasteiger partial charge is 0.444 e. The zero-order valence-electron chi connectivity index (χ0n) is 63.3. The number of hydrogen-bond acceptors (Lipinski definition) is 23. The van der Waals surface area contributed by atoms with Gasteiger partial charge < -0.3 is 24.1 Å². The van der Waals surface area contributed by atoms with Gasteiger partial charge in [0.2, 0.25) is 17.7 Å². The molecule has 642 valence electrons. The average molecular weight is 1790 g/mol. The lowest BCUT2D eigenvalue weighted by molar-refractivity contribution is -0.136. The van der Waals surface area contributed by atoms with Gasteiger partial charge in [0, 0.05) is 179 Å². The van der Waals surface area contributed by atoms with Gasteiger partial charge in [0.05, 0.1) is 54.7 Å². The summed E-state index contributed by atoms with van der Waals surface area (Å²) >= 11 is 15.6. The molecule has 47 heteroatoms. The molecule has 11 rings (SSSR count). The van der Waals surface area contributed by atoms with Crippen LogP contribution in [0.2, 0.25) is 0 Å². The van der Waals surface area contributed by atoms with Gasteiger partial charge in [0.1, 0.15) is 65.8 Å². The van der Waals surface area contributed by atoms with Gasteiger partial charge in [-0.3, -0.25) is 29.2 Å². The number of aryl methyl sites for hydroxylation is 3. The predicted molar refractivity (Wildman–Crippen MR) is 414 cm³/mol. The Bertz CT molecular complexity index is 4170. The van der Waals surface area contributed by atoms with Crippen molar-refractivity contribution in [1.29, 1.82) is 0 Å². The monoisotopic (exact) mass is 1790 g/mol. The number of nitrogens with one attached hydrogen (secondary N) is 2. The number of likely N-dealkylation sites (tertiary alicyclic amines) is 3. The fourth-order valence-electron chi connectivity index (χ4n) is 12.4. The van der Waals surface area contributed by atoms with Crippen LogP contribution >= 0.6 is 25.9 Å². The number of ketones is 1. The zero-order chi connectivity index (χ0) is 84.1. The summed E-state index contributed by atoms with van der Waals surface area (Å²) in [6.45, 7) is 13.0. The third-order valence-electron chi connectivity index (χ3n) is 17.3. The van der Waals surface area contributed by atoms with E-state index in [2.05, 4.69) is 111 Å². The Morgan fingerprint density at radius 1 is 0.609 bits per heavy atom. The molecule has 6 aliphatic rings. The van der Waals surface area contributed by atoms with Gasteiger partial charge in [-0.2, -0.15) is 96.8 Å². The Hall–Kier alpha value is -7.01. The maximum atomic E-state index is 14.5. The van der Waals surface area contributed by atoms with Gasteiger partial charge in [-0.15, -0.1) is 22.6 Å². The number of benzene rings is 1. The first-order valence-corrected chi connectivity index (χ1v) is 39.4. The molecule has 4 fully saturated rings. The summed E-state index contributed by atoms with van der Waals surface area (Å²) in [6.07, 6.45) is -21.7. The summed E-state index contributed by atoms with van der Waals surface area (Å²) in [5.74, 6) is 0.320. The molecule has 2 N–H and O–H groups in total. The molecule has 3 amide bonds. The number of amides is 3. The van der Waals surface area contributed by atoms with Crippen molar-refractivity contribution in [3.63, 3.8) is 0 Å². The van der Waals surface area contributed by atoms with E-state index in [0.29, 0.717) is 59.7 Å². The smallest absolute Gasteiger partial charge is 0.411 e. The molecule has 0 radical (unpaired) electrons. The molecular formula is C68H88ClF16N17O7S6. The van der Waals surface area contributed by atoms with Crippen molar-refractivity contribution >= 4 is 137 Å². The number of hydrogen-bond donors (Lipinski definition) is 2. The molecule has 24 nitrogen and oxygen atoms in total. The first kappa shape index (κ1) is 100. The lowest BCUT2D eigenvalue weighted by atomic mass is 10.0. The first-order chi connectivity index (χ1) is 52.7. The number of aromatic amines is 1. The number of carbonyl (C=O) groups is 4. The Morgan fingerprint density at radius 3 is 1.57 bits per heavy atom. The molecule has 0 aliphatic carbocycles. The summed E-state index contributed by atoms with van der Waals surface area (Å²) in [5.41, 5.74) is 3.28. The second-order valence-electron chi connectivity index (χ2n) is 29.0. The summed E-state index contributed by atoms with van der Waals surface area (Å²) in [7, 11) is 0.917. The number of ether oxygens (including phenoxy) is 2. The number of Topliss-reactive ketones (excluding diaryl/α,β-unsaturated/α-hetero) is 1. The summed E-state index contributed by atoms with van der Waals surface area (Å²) in [4.78, 5) is 66.7. The van der Waals surface area contributed by atoms with E-state index in [0.717, 1.165) is 25.7 Å². The average Bonchev–Trinajstić information content (AvgIpc) is 1.62. The van der Waals surface area contributed by atoms with Crippen LogP contribution in [-0.4, -0.2) is 205 Å². The van der Waals surface area contributed by atoms with E-state index < -0.39 is 122 Å². The molecule has 0 bridgehead atoms. The number of nitrogens with zero attached hydrogens (tertiary/aromatic N) is 15. The third-order valence-corrected chi connectivity index (χ3v) is 17.3. The van der Waals surface area contributed by atoms with Crippen molar-refractivity contribution in [2.45, 2.75) is 262 Å². The molecule has 6 aliphatic heterocycles. The summed E-state index contributed by atoms with van der Waals surface area (Å²) in [6, 6.07) is 3.12. The van der Waals surface area contributed by atoms with Gasteiger partial charge in [-0.05, 0) is 105 Å². The predicted octanol–water partition coefficient (Wildman–Crippen LogP) is 15.7. The third kappa shape index (κ3) is 33.7. The molecule has 0 spiro atoms. The van der Waals surface area contributed by atoms with E-state index in [9.17, 15) is 89.4 Å². The minimum atomic E-state index is -4.27. The molecular weight excluding hydrogens is 1700 g/mol. The molecule has 0 saturated carbocycles. The highest BCUT2D eigenvalue weighted by molar-refractivity contribution is 8.37. The fraction of sp³-hybridized carbons (Fsp3) is 0.662. The lowest BCUT2D eigenvalue weighted by Gasteiger charge is -2.28. The Balaban J connectivity index is 0.000000327. The molecule has 4 aromatic heterocycles. The van der Waals surface area contributed by atoms with Crippen LogP contribution in [0.15, 0.2) is 55.4 Å². The van der Waals surface area contributed by atoms with E-state index in [1.165, 1.54) is 26.3 Å². The van der Waals surface area contributed by atoms with Crippen molar-refractivity contribution in [2.24, 2.45) is 20.4 Å².